The lowest BCUT2D eigenvalue weighted by molar-refractivity contribution is 0.596. The van der Waals surface area contributed by atoms with Gasteiger partial charge in [0.25, 0.3) is 0 Å². The van der Waals surface area contributed by atoms with Crippen LogP contribution in [0.2, 0.25) is 0 Å². The summed E-state index contributed by atoms with van der Waals surface area (Å²) in [6.07, 6.45) is 0. The lowest BCUT2D eigenvalue weighted by atomic mass is 10.3. The maximum absolute atomic E-state index is 12.4. The third-order valence-electron chi connectivity index (χ3n) is 2.60. The maximum atomic E-state index is 12.4. The summed E-state index contributed by atoms with van der Waals surface area (Å²) < 4.78 is 24.7. The minimum Gasteiger partial charge on any atom is -0.238 e. The van der Waals surface area contributed by atoms with Crippen LogP contribution in [0.15, 0.2) is 63.3 Å². The molecule has 0 N–H and O–H groups in total. The summed E-state index contributed by atoms with van der Waals surface area (Å²) in [4.78, 5) is 7.30. The van der Waals surface area contributed by atoms with Crippen LogP contribution in [0.4, 0.5) is 11.4 Å². The van der Waals surface area contributed by atoms with E-state index in [-0.39, 0.29) is 9.79 Å². The van der Waals surface area contributed by atoms with E-state index < -0.39 is 9.84 Å². The zero-order valence-electron chi connectivity index (χ0n) is 10.1. The van der Waals surface area contributed by atoms with Crippen LogP contribution < -0.4 is 0 Å². The van der Waals surface area contributed by atoms with Gasteiger partial charge in [0.2, 0.25) is 9.84 Å². The Morgan fingerprint density at radius 2 is 1.50 bits per heavy atom. The van der Waals surface area contributed by atoms with E-state index in [4.69, 9.17) is 6.57 Å². The van der Waals surface area contributed by atoms with E-state index in [1.807, 2.05) is 0 Å². The molecule has 0 bridgehead atoms. The highest BCUT2D eigenvalue weighted by atomic mass is 32.2. The summed E-state index contributed by atoms with van der Waals surface area (Å²) in [6, 6.07) is 11.8. The fourth-order valence-electron chi connectivity index (χ4n) is 1.59. The first-order chi connectivity index (χ1) is 9.57. The Morgan fingerprint density at radius 1 is 1.00 bits per heavy atom. The molecule has 0 spiro atoms. The molecule has 0 fully saturated rings. The topological polar surface area (TPSA) is 50.9 Å². The number of hydrogen-bond acceptors (Lipinski definition) is 4. The fraction of sp³-hybridized carbons (Fsp3) is 0. The van der Waals surface area contributed by atoms with E-state index in [1.165, 1.54) is 36.4 Å². The number of aliphatic imine (C=N–C) groups is 1. The van der Waals surface area contributed by atoms with Gasteiger partial charge in [0.1, 0.15) is 0 Å². The molecule has 0 saturated heterocycles. The summed E-state index contributed by atoms with van der Waals surface area (Å²) in [7, 11) is -3.59. The fourth-order valence-corrected chi connectivity index (χ4v) is 2.95. The molecule has 98 valence electrons. The van der Waals surface area contributed by atoms with Crippen LogP contribution in [-0.2, 0) is 9.84 Å². The van der Waals surface area contributed by atoms with Crippen molar-refractivity contribution >= 4 is 38.6 Å². The summed E-state index contributed by atoms with van der Waals surface area (Å²) in [5.74, 6) is 0. The Hall–Kier alpha value is -2.32. The van der Waals surface area contributed by atoms with Crippen LogP contribution >= 0.6 is 12.2 Å². The van der Waals surface area contributed by atoms with E-state index in [1.54, 1.807) is 12.1 Å². The molecule has 6 heteroatoms. The minimum atomic E-state index is -3.59. The van der Waals surface area contributed by atoms with Gasteiger partial charge in [0, 0.05) is 0 Å². The molecule has 0 saturated carbocycles. The highest BCUT2D eigenvalue weighted by Gasteiger charge is 2.17. The van der Waals surface area contributed by atoms with Crippen LogP contribution in [0.3, 0.4) is 0 Å². The highest BCUT2D eigenvalue weighted by Crippen LogP contribution is 2.24. The molecule has 0 amide bonds. The Morgan fingerprint density at radius 3 is 1.95 bits per heavy atom. The van der Waals surface area contributed by atoms with Gasteiger partial charge < -0.3 is 0 Å². The lowest BCUT2D eigenvalue weighted by Crippen LogP contribution is -2.01. The van der Waals surface area contributed by atoms with Gasteiger partial charge in [0.15, 0.2) is 5.69 Å². The number of benzene rings is 2. The van der Waals surface area contributed by atoms with E-state index in [9.17, 15) is 8.42 Å². The summed E-state index contributed by atoms with van der Waals surface area (Å²) in [6.45, 7) is 6.85. The molecule has 20 heavy (non-hydrogen) atoms. The van der Waals surface area contributed by atoms with E-state index in [0.29, 0.717) is 11.4 Å². The first kappa shape index (κ1) is 14.1. The predicted molar refractivity (Wildman–Crippen MR) is 79.3 cm³/mol. The van der Waals surface area contributed by atoms with Gasteiger partial charge in [0.05, 0.1) is 27.2 Å². The van der Waals surface area contributed by atoms with Crippen molar-refractivity contribution in [3.05, 3.63) is 59.9 Å². The molecule has 2 aromatic rings. The van der Waals surface area contributed by atoms with Crippen LogP contribution in [0.1, 0.15) is 0 Å². The third kappa shape index (κ3) is 2.81. The SMILES string of the molecule is [C-]#[N+]c1ccc(S(=O)(=O)c2ccc(N=C=S)cc2)cc1. The minimum absolute atomic E-state index is 0.149. The van der Waals surface area contributed by atoms with E-state index >= 15 is 0 Å². The van der Waals surface area contributed by atoms with Gasteiger partial charge in [-0.15, -0.1) is 0 Å². The van der Waals surface area contributed by atoms with Crippen molar-refractivity contribution in [1.82, 2.24) is 0 Å². The standard InChI is InChI=1S/C14H8N2O2S2/c1-15-11-2-6-13(7-3-11)20(17,18)14-8-4-12(5-9-14)16-10-19/h2-9H. The molecule has 0 aliphatic heterocycles. The highest BCUT2D eigenvalue weighted by molar-refractivity contribution is 7.91. The second-order valence-electron chi connectivity index (χ2n) is 3.81. The van der Waals surface area contributed by atoms with E-state index in [0.717, 1.165) is 0 Å². The van der Waals surface area contributed by atoms with Gasteiger partial charge in [-0.2, -0.15) is 4.99 Å². The Bertz CT molecular complexity index is 811. The summed E-state index contributed by atoms with van der Waals surface area (Å²) in [5.41, 5.74) is 0.942. The number of rotatable bonds is 3. The predicted octanol–water partition coefficient (Wildman–Crippen LogP) is 3.80. The molecule has 0 aliphatic rings. The number of thiocarbonyl (C=S) groups is 1. The van der Waals surface area contributed by atoms with Crippen LogP contribution in [0.25, 0.3) is 4.85 Å². The van der Waals surface area contributed by atoms with E-state index in [2.05, 4.69) is 27.2 Å². The van der Waals surface area contributed by atoms with Gasteiger partial charge in [-0.05, 0) is 36.5 Å². The molecular weight excluding hydrogens is 292 g/mol. The Balaban J connectivity index is 2.43. The Labute approximate surface area is 122 Å². The van der Waals surface area contributed by atoms with Crippen LogP contribution in [0, 0.1) is 6.57 Å². The summed E-state index contributed by atoms with van der Waals surface area (Å²) >= 11 is 4.48. The molecule has 0 heterocycles. The van der Waals surface area contributed by atoms with Crippen molar-refractivity contribution in [3.63, 3.8) is 0 Å². The van der Waals surface area contributed by atoms with Gasteiger partial charge >= 0.3 is 0 Å². The molecule has 2 rings (SSSR count). The van der Waals surface area contributed by atoms with Crippen molar-refractivity contribution in [2.24, 2.45) is 4.99 Å². The molecule has 2 aromatic carbocycles. The molecule has 0 aliphatic carbocycles. The third-order valence-corrected chi connectivity index (χ3v) is 4.47. The van der Waals surface area contributed by atoms with Crippen molar-refractivity contribution < 1.29 is 8.42 Å². The van der Waals surface area contributed by atoms with Crippen molar-refractivity contribution in [2.75, 3.05) is 0 Å². The van der Waals surface area contributed by atoms with Crippen LogP contribution in [-0.4, -0.2) is 13.6 Å². The van der Waals surface area contributed by atoms with Crippen molar-refractivity contribution in [1.29, 1.82) is 0 Å². The molecule has 0 radical (unpaired) electrons. The van der Waals surface area contributed by atoms with Crippen molar-refractivity contribution in [3.8, 4) is 0 Å². The molecule has 4 nitrogen and oxygen atoms in total. The average Bonchev–Trinajstić information content (AvgIpc) is 2.48. The second kappa shape index (κ2) is 5.76. The summed E-state index contributed by atoms with van der Waals surface area (Å²) in [5, 5.41) is 2.22. The molecule has 0 unspecified atom stereocenters. The molecule has 0 aromatic heterocycles. The van der Waals surface area contributed by atoms with Gasteiger partial charge in [-0.3, -0.25) is 0 Å². The Kier molecular flexibility index (Phi) is 4.06. The second-order valence-corrected chi connectivity index (χ2v) is 5.94. The maximum Gasteiger partial charge on any atom is 0.206 e. The number of isothiocyanates is 1. The van der Waals surface area contributed by atoms with Crippen molar-refractivity contribution in [2.45, 2.75) is 9.79 Å². The smallest absolute Gasteiger partial charge is 0.206 e. The zero-order valence-corrected chi connectivity index (χ0v) is 11.8. The quantitative estimate of drug-likeness (QED) is 0.492. The zero-order chi connectivity index (χ0) is 14.6. The lowest BCUT2D eigenvalue weighted by Gasteiger charge is -2.04. The van der Waals surface area contributed by atoms with Gasteiger partial charge in [-0.25, -0.2) is 13.3 Å². The van der Waals surface area contributed by atoms with Gasteiger partial charge in [-0.1, -0.05) is 24.3 Å². The molecule has 0 atom stereocenters. The first-order valence-corrected chi connectivity index (χ1v) is 7.37. The largest absolute Gasteiger partial charge is 0.238 e. The normalized spacial score (nSPS) is 10.3. The number of nitrogens with zero attached hydrogens (tertiary/aromatic N) is 2. The van der Waals surface area contributed by atoms with Crippen LogP contribution in [0.5, 0.6) is 0 Å². The average molecular weight is 300 g/mol. The first-order valence-electron chi connectivity index (χ1n) is 5.48. The molecular formula is C14H8N2O2S2. The number of hydrogen-bond donors (Lipinski definition) is 0. The number of sulfone groups is 1. The monoisotopic (exact) mass is 300 g/mol.